The maximum atomic E-state index is 12.9. The Kier molecular flexibility index (Phi) is 5.93. The molecule has 2 heterocycles. The number of benzene rings is 3. The van der Waals surface area contributed by atoms with Gasteiger partial charge >= 0.3 is 5.63 Å². The van der Waals surface area contributed by atoms with Gasteiger partial charge in [-0.3, -0.25) is 9.59 Å². The van der Waals surface area contributed by atoms with E-state index >= 15 is 0 Å². The van der Waals surface area contributed by atoms with Gasteiger partial charge in [0.25, 0.3) is 11.8 Å². The van der Waals surface area contributed by atoms with Crippen molar-refractivity contribution in [3.63, 3.8) is 0 Å². The molecule has 176 valence electrons. The van der Waals surface area contributed by atoms with Crippen LogP contribution in [0.3, 0.4) is 0 Å². The van der Waals surface area contributed by atoms with E-state index in [1.165, 1.54) is 6.07 Å². The first-order valence-corrected chi connectivity index (χ1v) is 11.1. The Morgan fingerprint density at radius 2 is 1.77 bits per heavy atom. The van der Waals surface area contributed by atoms with Crippen LogP contribution in [0, 0.1) is 0 Å². The molecule has 35 heavy (non-hydrogen) atoms. The van der Waals surface area contributed by atoms with Crippen molar-refractivity contribution in [1.29, 1.82) is 0 Å². The van der Waals surface area contributed by atoms with Crippen molar-refractivity contribution in [1.82, 2.24) is 0 Å². The topological polar surface area (TPSA) is 98.1 Å². The summed E-state index contributed by atoms with van der Waals surface area (Å²) in [6, 6.07) is 22.8. The van der Waals surface area contributed by atoms with Gasteiger partial charge in [-0.2, -0.15) is 0 Å². The third-order valence-electron chi connectivity index (χ3n) is 5.64. The summed E-state index contributed by atoms with van der Waals surface area (Å²) in [5.41, 5.74) is 0.469. The molecular weight excluding hydrogens is 448 g/mol. The van der Waals surface area contributed by atoms with Crippen LogP contribution in [0.2, 0.25) is 0 Å². The molecule has 1 aromatic heterocycles. The fourth-order valence-electron chi connectivity index (χ4n) is 3.91. The van der Waals surface area contributed by atoms with Crippen molar-refractivity contribution in [3.05, 3.63) is 94.8 Å². The number of hydrogen-bond acceptors (Lipinski definition) is 6. The maximum Gasteiger partial charge on any atom is 0.349 e. The zero-order valence-electron chi connectivity index (χ0n) is 18.9. The third kappa shape index (κ3) is 4.59. The summed E-state index contributed by atoms with van der Waals surface area (Å²) in [6.07, 6.45) is -0.651. The minimum absolute atomic E-state index is 0.115. The van der Waals surface area contributed by atoms with E-state index in [1.807, 2.05) is 30.3 Å². The Morgan fingerprint density at radius 1 is 1.00 bits per heavy atom. The van der Waals surface area contributed by atoms with E-state index in [9.17, 15) is 14.4 Å². The molecule has 5 rings (SSSR count). The van der Waals surface area contributed by atoms with Gasteiger partial charge in [0, 0.05) is 11.1 Å². The van der Waals surface area contributed by atoms with E-state index in [2.05, 4.69) is 5.32 Å². The quantitative estimate of drug-likeness (QED) is 0.424. The average Bonchev–Trinajstić information content (AvgIpc) is 2.87. The fourth-order valence-corrected chi connectivity index (χ4v) is 3.91. The molecule has 1 aliphatic rings. The Morgan fingerprint density at radius 3 is 2.60 bits per heavy atom. The number of fused-ring (bicyclic) bond motifs is 2. The predicted molar refractivity (Wildman–Crippen MR) is 131 cm³/mol. The number of carbonyl (C=O) groups is 2. The van der Waals surface area contributed by atoms with Crippen molar-refractivity contribution in [2.24, 2.45) is 0 Å². The van der Waals surface area contributed by atoms with E-state index in [0.717, 1.165) is 0 Å². The number of ether oxygens (including phenoxy) is 2. The first-order valence-electron chi connectivity index (χ1n) is 11.1. The van der Waals surface area contributed by atoms with Crippen LogP contribution in [0.5, 0.6) is 11.5 Å². The summed E-state index contributed by atoms with van der Waals surface area (Å²) in [5.74, 6) is 0.393. The van der Waals surface area contributed by atoms with Crippen molar-refractivity contribution < 1.29 is 23.5 Å². The normalized spacial score (nSPS) is 14.8. The second-order valence-corrected chi connectivity index (χ2v) is 8.03. The number of carbonyl (C=O) groups excluding carboxylic acids is 2. The lowest BCUT2D eigenvalue weighted by Crippen LogP contribution is -2.46. The van der Waals surface area contributed by atoms with Gasteiger partial charge in [-0.1, -0.05) is 36.4 Å². The molecule has 0 saturated heterocycles. The number of hydrogen-bond donors (Lipinski definition) is 1. The van der Waals surface area contributed by atoms with Crippen LogP contribution in [-0.2, 0) is 4.79 Å². The van der Waals surface area contributed by atoms with Crippen molar-refractivity contribution in [2.75, 3.05) is 23.4 Å². The number of anilines is 2. The van der Waals surface area contributed by atoms with Gasteiger partial charge in [-0.15, -0.1) is 0 Å². The highest BCUT2D eigenvalue weighted by Gasteiger charge is 2.31. The van der Waals surface area contributed by atoms with E-state index in [0.29, 0.717) is 40.4 Å². The van der Waals surface area contributed by atoms with Crippen LogP contribution in [0.4, 0.5) is 11.4 Å². The summed E-state index contributed by atoms with van der Waals surface area (Å²) in [5, 5.41) is 3.36. The number of nitrogens with one attached hydrogen (secondary N) is 1. The average molecular weight is 470 g/mol. The van der Waals surface area contributed by atoms with Crippen LogP contribution in [-0.4, -0.2) is 31.1 Å². The van der Waals surface area contributed by atoms with Crippen molar-refractivity contribution in [2.45, 2.75) is 13.0 Å². The molecule has 8 heteroatoms. The van der Waals surface area contributed by atoms with Gasteiger partial charge in [0.2, 0.25) is 0 Å². The summed E-state index contributed by atoms with van der Waals surface area (Å²) < 4.78 is 16.8. The van der Waals surface area contributed by atoms with E-state index < -0.39 is 17.6 Å². The molecule has 1 N–H and O–H groups in total. The maximum absolute atomic E-state index is 12.9. The molecule has 0 radical (unpaired) electrons. The third-order valence-corrected chi connectivity index (χ3v) is 5.64. The minimum atomic E-state index is -0.730. The smallest absolute Gasteiger partial charge is 0.349 e. The van der Waals surface area contributed by atoms with Gasteiger partial charge in [-0.05, 0) is 49.4 Å². The first kappa shape index (κ1) is 22.2. The van der Waals surface area contributed by atoms with Gasteiger partial charge in [0.1, 0.15) is 29.3 Å². The second-order valence-electron chi connectivity index (χ2n) is 8.03. The number of rotatable bonds is 6. The molecule has 2 amide bonds. The van der Waals surface area contributed by atoms with Gasteiger partial charge in [-0.25, -0.2) is 4.79 Å². The van der Waals surface area contributed by atoms with E-state index in [-0.39, 0.29) is 18.1 Å². The summed E-state index contributed by atoms with van der Waals surface area (Å²) >= 11 is 0. The van der Waals surface area contributed by atoms with Gasteiger partial charge in [0.15, 0.2) is 6.10 Å². The lowest BCUT2D eigenvalue weighted by molar-refractivity contribution is -0.125. The van der Waals surface area contributed by atoms with E-state index in [1.54, 1.807) is 54.3 Å². The molecule has 1 unspecified atom stereocenters. The molecule has 0 fully saturated rings. The van der Waals surface area contributed by atoms with Crippen LogP contribution >= 0.6 is 0 Å². The Labute approximate surface area is 200 Å². The fraction of sp³-hybridized carbons (Fsp3) is 0.148. The SMILES string of the molecule is CC1Oc2ccc(NC(=O)c3cc4ccccc4oc3=O)cc2N(CCOc2ccccc2)C1=O. The molecule has 3 aromatic carbocycles. The van der Waals surface area contributed by atoms with Gasteiger partial charge in [0.05, 0.1) is 12.2 Å². The molecule has 0 spiro atoms. The molecule has 1 atom stereocenters. The molecule has 0 aliphatic carbocycles. The molecule has 0 bridgehead atoms. The lowest BCUT2D eigenvalue weighted by Gasteiger charge is -2.33. The highest BCUT2D eigenvalue weighted by molar-refractivity contribution is 6.06. The standard InChI is InChI=1S/C27H22N2O6/c1-17-26(31)29(13-14-33-20-8-3-2-4-9-20)22-16-19(11-12-24(22)34-17)28-25(30)21-15-18-7-5-6-10-23(18)35-27(21)32/h2-12,15-17H,13-14H2,1H3,(H,28,30). The minimum Gasteiger partial charge on any atom is -0.492 e. The summed E-state index contributed by atoms with van der Waals surface area (Å²) in [6.45, 7) is 2.25. The summed E-state index contributed by atoms with van der Waals surface area (Å²) in [7, 11) is 0. The largest absolute Gasteiger partial charge is 0.492 e. The van der Waals surface area contributed by atoms with Crippen LogP contribution in [0.1, 0.15) is 17.3 Å². The van der Waals surface area contributed by atoms with Gasteiger partial charge < -0.3 is 24.1 Å². The van der Waals surface area contributed by atoms with Crippen LogP contribution in [0.25, 0.3) is 11.0 Å². The second kappa shape index (κ2) is 9.34. The number of amides is 2. The van der Waals surface area contributed by atoms with Crippen LogP contribution < -0.4 is 25.3 Å². The van der Waals surface area contributed by atoms with Crippen molar-refractivity contribution in [3.8, 4) is 11.5 Å². The first-order chi connectivity index (χ1) is 17.0. The van der Waals surface area contributed by atoms with Crippen molar-refractivity contribution >= 4 is 34.2 Å². The van der Waals surface area contributed by atoms with E-state index in [4.69, 9.17) is 13.9 Å². The zero-order valence-corrected chi connectivity index (χ0v) is 18.9. The zero-order chi connectivity index (χ0) is 24.4. The molecule has 4 aromatic rings. The van der Waals surface area contributed by atoms with Crippen LogP contribution in [0.15, 0.2) is 88.1 Å². The molecular formula is C27H22N2O6. The molecule has 1 aliphatic heterocycles. The molecule has 0 saturated carbocycles. The Bertz CT molecular complexity index is 1460. The highest BCUT2D eigenvalue weighted by atomic mass is 16.5. The molecule has 8 nitrogen and oxygen atoms in total. The number of para-hydroxylation sites is 2. The lowest BCUT2D eigenvalue weighted by atomic mass is 10.1. The monoisotopic (exact) mass is 470 g/mol. The predicted octanol–water partition coefficient (Wildman–Crippen LogP) is 4.24. The highest BCUT2D eigenvalue weighted by Crippen LogP contribution is 2.36. The summed E-state index contributed by atoms with van der Waals surface area (Å²) in [4.78, 5) is 39.7. The Hall–Kier alpha value is -4.59. The Balaban J connectivity index is 1.37. The number of nitrogens with zero attached hydrogens (tertiary/aromatic N) is 1.